The molecular formula is C15H15ClN2O2. The monoisotopic (exact) mass is 290 g/mol. The zero-order chi connectivity index (χ0) is 14.7. The molecule has 0 atom stereocenters. The van der Waals surface area contributed by atoms with Crippen LogP contribution in [0.1, 0.15) is 15.9 Å². The quantitative estimate of drug-likeness (QED) is 0.851. The van der Waals surface area contributed by atoms with Crippen LogP contribution in [0.25, 0.3) is 0 Å². The molecule has 0 saturated heterocycles. The number of nitrogens with one attached hydrogen (secondary N) is 1. The zero-order valence-corrected chi connectivity index (χ0v) is 12.0. The molecule has 0 aliphatic heterocycles. The van der Waals surface area contributed by atoms with Crippen molar-refractivity contribution in [2.24, 2.45) is 0 Å². The molecule has 0 unspecified atom stereocenters. The molecule has 0 bridgehead atoms. The third-order valence-electron chi connectivity index (χ3n) is 2.86. The van der Waals surface area contributed by atoms with E-state index in [1.807, 2.05) is 19.1 Å². The van der Waals surface area contributed by atoms with Crippen LogP contribution < -0.4 is 15.8 Å². The Morgan fingerprint density at radius 1 is 1.25 bits per heavy atom. The summed E-state index contributed by atoms with van der Waals surface area (Å²) in [5.41, 5.74) is 8.15. The van der Waals surface area contributed by atoms with Gasteiger partial charge in [-0.15, -0.1) is 0 Å². The Morgan fingerprint density at radius 2 is 2.00 bits per heavy atom. The van der Waals surface area contributed by atoms with Crippen LogP contribution >= 0.6 is 11.6 Å². The number of rotatable bonds is 3. The van der Waals surface area contributed by atoms with Gasteiger partial charge in [-0.3, -0.25) is 4.79 Å². The van der Waals surface area contributed by atoms with Gasteiger partial charge in [-0.05, 0) is 42.8 Å². The Labute approximate surface area is 122 Å². The van der Waals surface area contributed by atoms with Crippen molar-refractivity contribution < 1.29 is 9.53 Å². The van der Waals surface area contributed by atoms with Crippen molar-refractivity contribution in [2.45, 2.75) is 6.92 Å². The highest BCUT2D eigenvalue weighted by Gasteiger charge is 2.11. The van der Waals surface area contributed by atoms with Gasteiger partial charge in [-0.1, -0.05) is 17.7 Å². The fraction of sp³-hybridized carbons (Fsp3) is 0.133. The number of hydrogen-bond donors (Lipinski definition) is 2. The number of nitrogen functional groups attached to an aromatic ring is 1. The van der Waals surface area contributed by atoms with E-state index in [0.29, 0.717) is 27.7 Å². The zero-order valence-electron chi connectivity index (χ0n) is 11.2. The molecular weight excluding hydrogens is 276 g/mol. The molecule has 2 aromatic rings. The van der Waals surface area contributed by atoms with E-state index in [4.69, 9.17) is 22.1 Å². The van der Waals surface area contributed by atoms with Gasteiger partial charge in [0.1, 0.15) is 5.75 Å². The standard InChI is InChI=1S/C15H15ClN2O2/c1-9-3-6-14(20-2)13(7-9)18-15(19)10-4-5-11(16)12(17)8-10/h3-8H,17H2,1-2H3,(H,18,19). The van der Waals surface area contributed by atoms with Gasteiger partial charge in [0.2, 0.25) is 0 Å². The first-order valence-corrected chi connectivity index (χ1v) is 6.40. The van der Waals surface area contributed by atoms with Gasteiger partial charge in [0.15, 0.2) is 0 Å². The van der Waals surface area contributed by atoms with Gasteiger partial charge in [0, 0.05) is 5.56 Å². The SMILES string of the molecule is COc1ccc(C)cc1NC(=O)c1ccc(Cl)c(N)c1. The van der Waals surface area contributed by atoms with E-state index in [1.54, 1.807) is 31.4 Å². The van der Waals surface area contributed by atoms with Crippen LogP contribution in [-0.2, 0) is 0 Å². The van der Waals surface area contributed by atoms with Crippen molar-refractivity contribution in [1.29, 1.82) is 0 Å². The van der Waals surface area contributed by atoms with Crippen molar-refractivity contribution >= 4 is 28.9 Å². The minimum Gasteiger partial charge on any atom is -0.495 e. The largest absolute Gasteiger partial charge is 0.495 e. The molecule has 3 N–H and O–H groups in total. The lowest BCUT2D eigenvalue weighted by Gasteiger charge is -2.11. The average molecular weight is 291 g/mol. The van der Waals surface area contributed by atoms with E-state index >= 15 is 0 Å². The van der Waals surface area contributed by atoms with Gasteiger partial charge < -0.3 is 15.8 Å². The second kappa shape index (κ2) is 5.84. The molecule has 4 nitrogen and oxygen atoms in total. The molecule has 5 heteroatoms. The fourth-order valence-corrected chi connectivity index (χ4v) is 1.92. The third-order valence-corrected chi connectivity index (χ3v) is 3.21. The van der Waals surface area contributed by atoms with E-state index < -0.39 is 0 Å². The number of hydrogen-bond acceptors (Lipinski definition) is 3. The summed E-state index contributed by atoms with van der Waals surface area (Å²) in [6.07, 6.45) is 0. The summed E-state index contributed by atoms with van der Waals surface area (Å²) in [6.45, 7) is 1.94. The van der Waals surface area contributed by atoms with Crippen molar-refractivity contribution in [3.8, 4) is 5.75 Å². The number of amides is 1. The highest BCUT2D eigenvalue weighted by molar-refractivity contribution is 6.33. The van der Waals surface area contributed by atoms with E-state index in [1.165, 1.54) is 0 Å². The first kappa shape index (κ1) is 14.2. The van der Waals surface area contributed by atoms with Crippen molar-refractivity contribution in [2.75, 3.05) is 18.2 Å². The normalized spacial score (nSPS) is 10.2. The summed E-state index contributed by atoms with van der Waals surface area (Å²) >= 11 is 5.84. The average Bonchev–Trinajstić information content (AvgIpc) is 2.42. The van der Waals surface area contributed by atoms with E-state index in [-0.39, 0.29) is 5.91 Å². The van der Waals surface area contributed by atoms with Gasteiger partial charge in [-0.25, -0.2) is 0 Å². The Bertz CT molecular complexity index is 656. The molecule has 104 valence electrons. The number of carbonyl (C=O) groups is 1. The molecule has 0 saturated carbocycles. The van der Waals surface area contributed by atoms with Gasteiger partial charge >= 0.3 is 0 Å². The summed E-state index contributed by atoms with van der Waals surface area (Å²) in [5, 5.41) is 3.23. The first-order chi connectivity index (χ1) is 9.51. The number of carbonyl (C=O) groups excluding carboxylic acids is 1. The van der Waals surface area contributed by atoms with Crippen LogP contribution in [0.5, 0.6) is 5.75 Å². The molecule has 0 heterocycles. The third kappa shape index (κ3) is 3.03. The Morgan fingerprint density at radius 3 is 2.65 bits per heavy atom. The number of anilines is 2. The van der Waals surface area contributed by atoms with Crippen molar-refractivity contribution in [3.05, 3.63) is 52.5 Å². The molecule has 0 aliphatic carbocycles. The Hall–Kier alpha value is -2.20. The second-order valence-corrected chi connectivity index (χ2v) is 4.80. The molecule has 0 fully saturated rings. The molecule has 0 radical (unpaired) electrons. The van der Waals surface area contributed by atoms with E-state index in [0.717, 1.165) is 5.56 Å². The van der Waals surface area contributed by atoms with E-state index in [9.17, 15) is 4.79 Å². The predicted molar refractivity (Wildman–Crippen MR) is 81.5 cm³/mol. The van der Waals surface area contributed by atoms with Crippen LogP contribution in [0.2, 0.25) is 5.02 Å². The number of ether oxygens (including phenoxy) is 1. The Balaban J connectivity index is 2.27. The number of benzene rings is 2. The smallest absolute Gasteiger partial charge is 0.255 e. The summed E-state index contributed by atoms with van der Waals surface area (Å²) in [4.78, 5) is 12.2. The van der Waals surface area contributed by atoms with Crippen LogP contribution in [0.15, 0.2) is 36.4 Å². The number of nitrogens with two attached hydrogens (primary N) is 1. The highest BCUT2D eigenvalue weighted by Crippen LogP contribution is 2.26. The molecule has 0 spiro atoms. The van der Waals surface area contributed by atoms with Crippen molar-refractivity contribution in [1.82, 2.24) is 0 Å². The van der Waals surface area contributed by atoms with Gasteiger partial charge in [-0.2, -0.15) is 0 Å². The summed E-state index contributed by atoms with van der Waals surface area (Å²) < 4.78 is 5.22. The number of aryl methyl sites for hydroxylation is 1. The maximum absolute atomic E-state index is 12.2. The topological polar surface area (TPSA) is 64.3 Å². The number of halogens is 1. The molecule has 2 aromatic carbocycles. The van der Waals surface area contributed by atoms with Crippen molar-refractivity contribution in [3.63, 3.8) is 0 Å². The molecule has 0 aromatic heterocycles. The molecule has 1 amide bonds. The fourth-order valence-electron chi connectivity index (χ4n) is 1.80. The second-order valence-electron chi connectivity index (χ2n) is 4.39. The molecule has 0 aliphatic rings. The highest BCUT2D eigenvalue weighted by atomic mass is 35.5. The van der Waals surface area contributed by atoms with Crippen LogP contribution in [0, 0.1) is 6.92 Å². The van der Waals surface area contributed by atoms with Crippen LogP contribution in [0.4, 0.5) is 11.4 Å². The van der Waals surface area contributed by atoms with Crippen LogP contribution in [0.3, 0.4) is 0 Å². The molecule has 20 heavy (non-hydrogen) atoms. The predicted octanol–water partition coefficient (Wildman–Crippen LogP) is 3.49. The minimum absolute atomic E-state index is 0.266. The Kier molecular flexibility index (Phi) is 4.15. The maximum atomic E-state index is 12.2. The number of methoxy groups -OCH3 is 1. The lowest BCUT2D eigenvalue weighted by molar-refractivity contribution is 0.102. The summed E-state index contributed by atoms with van der Waals surface area (Å²) in [7, 11) is 1.56. The summed E-state index contributed by atoms with van der Waals surface area (Å²) in [5.74, 6) is 0.336. The maximum Gasteiger partial charge on any atom is 0.255 e. The minimum atomic E-state index is -0.266. The molecule has 2 rings (SSSR count). The van der Waals surface area contributed by atoms with Crippen LogP contribution in [-0.4, -0.2) is 13.0 Å². The van der Waals surface area contributed by atoms with E-state index in [2.05, 4.69) is 5.32 Å². The van der Waals surface area contributed by atoms with Gasteiger partial charge in [0.25, 0.3) is 5.91 Å². The summed E-state index contributed by atoms with van der Waals surface area (Å²) in [6, 6.07) is 10.3. The van der Waals surface area contributed by atoms with Gasteiger partial charge in [0.05, 0.1) is 23.5 Å². The first-order valence-electron chi connectivity index (χ1n) is 6.02. The lowest BCUT2D eigenvalue weighted by Crippen LogP contribution is -2.13. The lowest BCUT2D eigenvalue weighted by atomic mass is 10.1.